The molecule has 2 N–H and O–H groups in total. The molecule has 0 spiro atoms. The van der Waals surface area contributed by atoms with Gasteiger partial charge in [0.25, 0.3) is 0 Å². The molecular formula is C26H48N4O4Si. The Hall–Kier alpha value is -1.45. The zero-order valence-electron chi connectivity index (χ0n) is 23.5. The monoisotopic (exact) mass is 508 g/mol. The molecule has 3 rings (SSSR count). The van der Waals surface area contributed by atoms with Crippen LogP contribution in [-0.4, -0.2) is 84.7 Å². The minimum Gasteiger partial charge on any atom is -0.415 e. The predicted octanol–water partition coefficient (Wildman–Crippen LogP) is 2.88. The molecule has 3 aliphatic heterocycles. The standard InChI is InChI=1S/C26H48N4O4Si/c1-16(2)14-17-24(33)30-19(15-34-35(9,10)26(6,7)8)20(30)21(23(32)28-25(3,4)5)29-13-11-12-18(29)22(31)27-17/h16-21H,11-15H2,1-10H3,(H,27,31)(H,28,32)/t17-,18-,19+,20-,21+,30?/m0/s1. The SMILES string of the molecule is CC(C)C[C@@H]1NC(=O)[C@@H]2CCCN2[C@@H](C(=O)NC(C)(C)C)[C@@H]2[C@@H](CO[Si](C)(C)C(C)(C)C)N2C1=O. The van der Waals surface area contributed by atoms with Crippen molar-refractivity contribution in [2.45, 2.75) is 129 Å². The number of hydrogen-bond donors (Lipinski definition) is 2. The van der Waals surface area contributed by atoms with Gasteiger partial charge in [0, 0.05) is 5.54 Å². The molecule has 0 aromatic carbocycles. The van der Waals surface area contributed by atoms with Gasteiger partial charge in [-0.25, -0.2) is 0 Å². The molecule has 0 saturated carbocycles. The van der Waals surface area contributed by atoms with Gasteiger partial charge in [-0.2, -0.15) is 0 Å². The first-order valence-corrected chi connectivity index (χ1v) is 16.2. The van der Waals surface area contributed by atoms with Crippen LogP contribution in [0.5, 0.6) is 0 Å². The molecule has 3 amide bonds. The van der Waals surface area contributed by atoms with Crippen LogP contribution in [0.15, 0.2) is 0 Å². The maximum atomic E-state index is 13.8. The molecule has 0 radical (unpaired) electrons. The third kappa shape index (κ3) is 6.10. The van der Waals surface area contributed by atoms with Crippen LogP contribution < -0.4 is 10.6 Å². The maximum absolute atomic E-state index is 13.8. The van der Waals surface area contributed by atoms with E-state index in [2.05, 4.69) is 58.3 Å². The van der Waals surface area contributed by atoms with Crippen LogP contribution in [0.25, 0.3) is 0 Å². The van der Waals surface area contributed by atoms with Crippen molar-refractivity contribution < 1.29 is 18.8 Å². The highest BCUT2D eigenvalue weighted by Crippen LogP contribution is 2.42. The Morgan fingerprint density at radius 3 is 2.34 bits per heavy atom. The second-order valence-electron chi connectivity index (χ2n) is 13.6. The molecule has 0 unspecified atom stereocenters. The lowest BCUT2D eigenvalue weighted by atomic mass is 10.0. The number of nitrogens with zero attached hydrogens (tertiary/aromatic N) is 2. The van der Waals surface area contributed by atoms with Gasteiger partial charge in [0.1, 0.15) is 12.1 Å². The Morgan fingerprint density at radius 2 is 1.80 bits per heavy atom. The number of amides is 3. The average molecular weight is 509 g/mol. The van der Waals surface area contributed by atoms with E-state index in [0.717, 1.165) is 6.42 Å². The summed E-state index contributed by atoms with van der Waals surface area (Å²) in [5, 5.41) is 6.24. The van der Waals surface area contributed by atoms with E-state index in [1.165, 1.54) is 0 Å². The molecule has 5 atom stereocenters. The zero-order valence-corrected chi connectivity index (χ0v) is 24.5. The minimum absolute atomic E-state index is 0.0505. The first kappa shape index (κ1) is 28.1. The van der Waals surface area contributed by atoms with Crippen LogP contribution in [0.1, 0.15) is 74.7 Å². The van der Waals surface area contributed by atoms with Crippen molar-refractivity contribution in [1.29, 1.82) is 0 Å². The van der Waals surface area contributed by atoms with Gasteiger partial charge in [0.15, 0.2) is 8.32 Å². The maximum Gasteiger partial charge on any atom is 0.245 e. The molecule has 0 aliphatic carbocycles. The second kappa shape index (κ2) is 9.78. The lowest BCUT2D eigenvalue weighted by molar-refractivity contribution is -0.134. The third-order valence-corrected chi connectivity index (χ3v) is 12.5. The van der Waals surface area contributed by atoms with Gasteiger partial charge in [-0.15, -0.1) is 0 Å². The van der Waals surface area contributed by atoms with Crippen LogP contribution in [0.3, 0.4) is 0 Å². The fraction of sp³-hybridized carbons (Fsp3) is 0.885. The summed E-state index contributed by atoms with van der Waals surface area (Å²) >= 11 is 0. The smallest absolute Gasteiger partial charge is 0.245 e. The fourth-order valence-corrected chi connectivity index (χ4v) is 6.17. The molecule has 200 valence electrons. The highest BCUT2D eigenvalue weighted by Gasteiger charge is 2.62. The van der Waals surface area contributed by atoms with Crippen molar-refractivity contribution in [1.82, 2.24) is 20.4 Å². The Labute approximate surface area is 213 Å². The van der Waals surface area contributed by atoms with Crippen molar-refractivity contribution in [3.8, 4) is 0 Å². The number of rotatable bonds is 6. The van der Waals surface area contributed by atoms with Gasteiger partial charge in [-0.3, -0.25) is 19.3 Å². The third-order valence-electron chi connectivity index (χ3n) is 8.02. The second-order valence-corrected chi connectivity index (χ2v) is 18.5. The van der Waals surface area contributed by atoms with E-state index in [0.29, 0.717) is 26.0 Å². The van der Waals surface area contributed by atoms with Crippen molar-refractivity contribution >= 4 is 26.0 Å². The topological polar surface area (TPSA) is 90.8 Å². The minimum atomic E-state index is -2.04. The van der Waals surface area contributed by atoms with E-state index < -0.39 is 32.0 Å². The van der Waals surface area contributed by atoms with Crippen molar-refractivity contribution in [3.63, 3.8) is 0 Å². The predicted molar refractivity (Wildman–Crippen MR) is 140 cm³/mol. The molecule has 0 aromatic rings. The molecule has 3 aliphatic rings. The Bertz CT molecular complexity index is 832. The van der Waals surface area contributed by atoms with E-state index in [1.54, 1.807) is 0 Å². The van der Waals surface area contributed by atoms with Crippen LogP contribution in [0.2, 0.25) is 18.1 Å². The summed E-state index contributed by atoms with van der Waals surface area (Å²) in [4.78, 5) is 44.7. The van der Waals surface area contributed by atoms with Crippen LogP contribution in [-0.2, 0) is 18.8 Å². The summed E-state index contributed by atoms with van der Waals surface area (Å²) in [6.07, 6.45) is 2.14. The van der Waals surface area contributed by atoms with Crippen LogP contribution in [0.4, 0.5) is 0 Å². The lowest BCUT2D eigenvalue weighted by Crippen LogP contribution is -2.58. The number of carbonyl (C=O) groups is 3. The van der Waals surface area contributed by atoms with E-state index in [-0.39, 0.29) is 40.8 Å². The van der Waals surface area contributed by atoms with Gasteiger partial charge >= 0.3 is 0 Å². The Kier molecular flexibility index (Phi) is 7.86. The van der Waals surface area contributed by atoms with Gasteiger partial charge in [0.05, 0.1) is 24.7 Å². The van der Waals surface area contributed by atoms with Gasteiger partial charge in [-0.05, 0) is 70.6 Å². The Morgan fingerprint density at radius 1 is 1.17 bits per heavy atom. The number of carbonyl (C=O) groups excluding carboxylic acids is 3. The van der Waals surface area contributed by atoms with E-state index >= 15 is 0 Å². The fourth-order valence-electron chi connectivity index (χ4n) is 5.15. The van der Waals surface area contributed by atoms with Gasteiger partial charge < -0.3 is 20.0 Å². The summed E-state index contributed by atoms with van der Waals surface area (Å²) in [5.41, 5.74) is -0.413. The number of fused-ring (bicyclic) bond motifs is 2. The molecular weight excluding hydrogens is 460 g/mol. The number of hydrogen-bond acceptors (Lipinski definition) is 5. The normalized spacial score (nSPS) is 30.3. The molecule has 0 aromatic heterocycles. The average Bonchev–Trinajstić information content (AvgIpc) is 3.14. The summed E-state index contributed by atoms with van der Waals surface area (Å²) < 4.78 is 6.56. The molecule has 0 bridgehead atoms. The quantitative estimate of drug-likeness (QED) is 0.425. The highest BCUT2D eigenvalue weighted by atomic mass is 28.4. The molecule has 9 heteroatoms. The van der Waals surface area contributed by atoms with E-state index in [4.69, 9.17) is 4.43 Å². The van der Waals surface area contributed by atoms with Gasteiger partial charge in [0.2, 0.25) is 17.7 Å². The Balaban J connectivity index is 1.98. The molecule has 3 fully saturated rings. The van der Waals surface area contributed by atoms with Crippen molar-refractivity contribution in [2.75, 3.05) is 13.2 Å². The molecule has 3 saturated heterocycles. The molecule has 3 heterocycles. The largest absolute Gasteiger partial charge is 0.415 e. The van der Waals surface area contributed by atoms with Crippen molar-refractivity contribution in [2.24, 2.45) is 5.92 Å². The summed E-state index contributed by atoms with van der Waals surface area (Å²) in [5.74, 6) is -0.0793. The lowest BCUT2D eigenvalue weighted by Gasteiger charge is -2.36. The highest BCUT2D eigenvalue weighted by molar-refractivity contribution is 6.74. The van der Waals surface area contributed by atoms with E-state index in [1.807, 2.05) is 30.6 Å². The zero-order chi connectivity index (χ0) is 26.5. The van der Waals surface area contributed by atoms with Gasteiger partial charge in [-0.1, -0.05) is 34.6 Å². The molecule has 35 heavy (non-hydrogen) atoms. The van der Waals surface area contributed by atoms with Crippen LogP contribution in [0, 0.1) is 5.92 Å². The molecule has 8 nitrogen and oxygen atoms in total. The van der Waals surface area contributed by atoms with Crippen molar-refractivity contribution in [3.05, 3.63) is 0 Å². The summed E-state index contributed by atoms with van der Waals surface area (Å²) in [6, 6.07) is -2.00. The van der Waals surface area contributed by atoms with Crippen LogP contribution >= 0.6 is 0 Å². The summed E-state index contributed by atoms with van der Waals surface area (Å²) in [6.45, 7) is 22.1. The first-order chi connectivity index (χ1) is 15.9. The number of nitrogens with one attached hydrogen (secondary N) is 2. The summed E-state index contributed by atoms with van der Waals surface area (Å²) in [7, 11) is -2.04. The van der Waals surface area contributed by atoms with E-state index in [9.17, 15) is 14.4 Å². The first-order valence-electron chi connectivity index (χ1n) is 13.3.